The fourth-order valence-corrected chi connectivity index (χ4v) is 3.71. The van der Waals surface area contributed by atoms with Crippen LogP contribution in [0, 0.1) is 17.7 Å². The lowest BCUT2D eigenvalue weighted by Gasteiger charge is -2.36. The SMILES string of the molecule is CCCNC1CCC(C)CC1Cc1cc(Br)ccc1F. The summed E-state index contributed by atoms with van der Waals surface area (Å²) >= 11 is 3.45. The second kappa shape index (κ2) is 7.56. The molecule has 0 aromatic heterocycles. The molecule has 0 heterocycles. The number of rotatable bonds is 5. The topological polar surface area (TPSA) is 12.0 Å². The number of benzene rings is 1. The minimum Gasteiger partial charge on any atom is -0.314 e. The van der Waals surface area contributed by atoms with Crippen LogP contribution in [-0.2, 0) is 6.42 Å². The molecule has 0 aliphatic heterocycles. The zero-order chi connectivity index (χ0) is 14.5. The quantitative estimate of drug-likeness (QED) is 0.800. The van der Waals surface area contributed by atoms with Crippen LogP contribution in [0.2, 0.25) is 0 Å². The third-order valence-electron chi connectivity index (χ3n) is 4.39. The first-order chi connectivity index (χ1) is 9.60. The third kappa shape index (κ3) is 4.29. The van der Waals surface area contributed by atoms with Gasteiger partial charge in [-0.25, -0.2) is 4.39 Å². The maximum Gasteiger partial charge on any atom is 0.126 e. The highest BCUT2D eigenvalue weighted by atomic mass is 79.9. The number of nitrogens with one attached hydrogen (secondary N) is 1. The van der Waals surface area contributed by atoms with E-state index in [9.17, 15) is 4.39 Å². The van der Waals surface area contributed by atoms with E-state index in [4.69, 9.17) is 0 Å². The van der Waals surface area contributed by atoms with E-state index in [0.717, 1.165) is 35.3 Å². The molecule has 3 unspecified atom stereocenters. The summed E-state index contributed by atoms with van der Waals surface area (Å²) < 4.78 is 14.9. The molecule has 112 valence electrons. The van der Waals surface area contributed by atoms with Crippen molar-refractivity contribution >= 4 is 15.9 Å². The minimum absolute atomic E-state index is 0.0688. The average molecular weight is 342 g/mol. The first kappa shape index (κ1) is 16.0. The van der Waals surface area contributed by atoms with E-state index >= 15 is 0 Å². The summed E-state index contributed by atoms with van der Waals surface area (Å²) in [6.45, 7) is 5.58. The highest BCUT2D eigenvalue weighted by molar-refractivity contribution is 9.10. The Hall–Kier alpha value is -0.410. The molecule has 1 aromatic carbocycles. The molecule has 1 aliphatic carbocycles. The van der Waals surface area contributed by atoms with Crippen molar-refractivity contribution in [1.29, 1.82) is 0 Å². The normalized spacial score (nSPS) is 26.7. The van der Waals surface area contributed by atoms with Gasteiger partial charge in [0, 0.05) is 10.5 Å². The molecule has 1 N–H and O–H groups in total. The van der Waals surface area contributed by atoms with Crippen molar-refractivity contribution in [1.82, 2.24) is 5.32 Å². The van der Waals surface area contributed by atoms with Crippen molar-refractivity contribution in [3.8, 4) is 0 Å². The van der Waals surface area contributed by atoms with E-state index in [1.165, 1.54) is 19.3 Å². The Kier molecular flexibility index (Phi) is 6.03. The molecule has 0 saturated heterocycles. The molecule has 0 bridgehead atoms. The molecule has 1 fully saturated rings. The summed E-state index contributed by atoms with van der Waals surface area (Å²) in [5.41, 5.74) is 0.849. The zero-order valence-corrected chi connectivity index (χ0v) is 14.0. The Morgan fingerprint density at radius 1 is 1.35 bits per heavy atom. The van der Waals surface area contributed by atoms with Gasteiger partial charge in [0.25, 0.3) is 0 Å². The highest BCUT2D eigenvalue weighted by Crippen LogP contribution is 2.32. The number of hydrogen-bond donors (Lipinski definition) is 1. The van der Waals surface area contributed by atoms with Crippen LogP contribution in [-0.4, -0.2) is 12.6 Å². The first-order valence-electron chi connectivity index (χ1n) is 7.77. The molecule has 0 spiro atoms. The molecular formula is C17H25BrFN. The van der Waals surface area contributed by atoms with Gasteiger partial charge in [0.2, 0.25) is 0 Å². The van der Waals surface area contributed by atoms with Crippen molar-refractivity contribution in [2.75, 3.05) is 6.54 Å². The Labute approximate surface area is 130 Å². The molecule has 1 aliphatic rings. The van der Waals surface area contributed by atoms with Crippen LogP contribution in [0.5, 0.6) is 0 Å². The summed E-state index contributed by atoms with van der Waals surface area (Å²) in [6, 6.07) is 5.82. The average Bonchev–Trinajstić information content (AvgIpc) is 2.42. The molecule has 2 rings (SSSR count). The molecule has 3 heteroatoms. The van der Waals surface area contributed by atoms with Gasteiger partial charge >= 0.3 is 0 Å². The standard InChI is InChI=1S/C17H25BrFN/c1-3-8-20-17-7-4-12(2)9-14(17)10-13-11-15(18)5-6-16(13)19/h5-6,11-12,14,17,20H,3-4,7-10H2,1-2H3. The first-order valence-corrected chi connectivity index (χ1v) is 8.56. The third-order valence-corrected chi connectivity index (χ3v) is 4.88. The van der Waals surface area contributed by atoms with Gasteiger partial charge in [0.05, 0.1) is 0 Å². The fraction of sp³-hybridized carbons (Fsp3) is 0.647. The Bertz CT molecular complexity index is 433. The largest absolute Gasteiger partial charge is 0.314 e. The predicted molar refractivity (Wildman–Crippen MR) is 86.4 cm³/mol. The van der Waals surface area contributed by atoms with Gasteiger partial charge in [0.1, 0.15) is 5.82 Å². The van der Waals surface area contributed by atoms with Crippen LogP contribution in [0.15, 0.2) is 22.7 Å². The van der Waals surface area contributed by atoms with Crippen molar-refractivity contribution < 1.29 is 4.39 Å². The van der Waals surface area contributed by atoms with Gasteiger partial charge in [-0.1, -0.05) is 29.8 Å². The van der Waals surface area contributed by atoms with E-state index in [1.807, 2.05) is 6.07 Å². The second-order valence-corrected chi connectivity index (χ2v) is 7.09. The van der Waals surface area contributed by atoms with Crippen molar-refractivity contribution in [3.63, 3.8) is 0 Å². The number of halogens is 2. The predicted octanol–water partition coefficient (Wildman–Crippen LogP) is 4.94. The molecule has 0 radical (unpaired) electrons. The van der Waals surface area contributed by atoms with Crippen molar-refractivity contribution in [2.45, 2.75) is 52.0 Å². The molecule has 1 nitrogen and oxygen atoms in total. The molecule has 20 heavy (non-hydrogen) atoms. The van der Waals surface area contributed by atoms with Gasteiger partial charge in [-0.3, -0.25) is 0 Å². The summed E-state index contributed by atoms with van der Waals surface area (Å²) in [5.74, 6) is 1.24. The van der Waals surface area contributed by atoms with Gasteiger partial charge in [0.15, 0.2) is 0 Å². The maximum absolute atomic E-state index is 14.0. The van der Waals surface area contributed by atoms with Crippen molar-refractivity contribution in [2.24, 2.45) is 11.8 Å². The van der Waals surface area contributed by atoms with Crippen LogP contribution in [0.3, 0.4) is 0 Å². The van der Waals surface area contributed by atoms with E-state index in [-0.39, 0.29) is 5.82 Å². The Balaban J connectivity index is 2.08. The summed E-state index contributed by atoms with van der Waals surface area (Å²) in [7, 11) is 0. The van der Waals surface area contributed by atoms with E-state index < -0.39 is 0 Å². The fourth-order valence-electron chi connectivity index (χ4n) is 3.30. The molecule has 1 saturated carbocycles. The second-order valence-electron chi connectivity index (χ2n) is 6.18. The highest BCUT2D eigenvalue weighted by Gasteiger charge is 2.28. The lowest BCUT2D eigenvalue weighted by molar-refractivity contribution is 0.211. The number of hydrogen-bond acceptors (Lipinski definition) is 1. The minimum atomic E-state index is -0.0688. The van der Waals surface area contributed by atoms with Crippen LogP contribution in [0.1, 0.15) is 45.1 Å². The lowest BCUT2D eigenvalue weighted by atomic mass is 9.76. The molecule has 0 amide bonds. The monoisotopic (exact) mass is 341 g/mol. The maximum atomic E-state index is 14.0. The van der Waals surface area contributed by atoms with E-state index in [2.05, 4.69) is 35.1 Å². The molecule has 1 aromatic rings. The van der Waals surface area contributed by atoms with Crippen LogP contribution in [0.4, 0.5) is 4.39 Å². The zero-order valence-electron chi connectivity index (χ0n) is 12.5. The van der Waals surface area contributed by atoms with Crippen molar-refractivity contribution in [3.05, 3.63) is 34.1 Å². The summed E-state index contributed by atoms with van der Waals surface area (Å²) in [6.07, 6.45) is 5.72. The summed E-state index contributed by atoms with van der Waals surface area (Å²) in [5, 5.41) is 3.66. The van der Waals surface area contributed by atoms with Crippen LogP contribution >= 0.6 is 15.9 Å². The summed E-state index contributed by atoms with van der Waals surface area (Å²) in [4.78, 5) is 0. The van der Waals surface area contributed by atoms with Gasteiger partial charge in [-0.05, 0) is 74.2 Å². The van der Waals surface area contributed by atoms with E-state index in [0.29, 0.717) is 12.0 Å². The smallest absolute Gasteiger partial charge is 0.126 e. The Morgan fingerprint density at radius 3 is 2.90 bits per heavy atom. The van der Waals surface area contributed by atoms with Gasteiger partial charge < -0.3 is 5.32 Å². The van der Waals surface area contributed by atoms with Gasteiger partial charge in [-0.15, -0.1) is 0 Å². The van der Waals surface area contributed by atoms with Crippen LogP contribution in [0.25, 0.3) is 0 Å². The van der Waals surface area contributed by atoms with E-state index in [1.54, 1.807) is 12.1 Å². The molecular weight excluding hydrogens is 317 g/mol. The van der Waals surface area contributed by atoms with Crippen LogP contribution < -0.4 is 5.32 Å². The molecule has 3 atom stereocenters. The lowest BCUT2D eigenvalue weighted by Crippen LogP contribution is -2.41. The Morgan fingerprint density at radius 2 is 2.15 bits per heavy atom. The van der Waals surface area contributed by atoms with Gasteiger partial charge in [-0.2, -0.15) is 0 Å².